The van der Waals surface area contributed by atoms with Crippen LogP contribution in [0.25, 0.3) is 67.2 Å². The van der Waals surface area contributed by atoms with Crippen LogP contribution in [-0.2, 0) is 21.1 Å². The van der Waals surface area contributed by atoms with Gasteiger partial charge >= 0.3 is 6.98 Å². The minimum absolute atomic E-state index is 0. The largest absolute Gasteiger partial charge is 0.503 e. The summed E-state index contributed by atoms with van der Waals surface area (Å²) < 4.78 is 13.0. The molecule has 0 spiro atoms. The van der Waals surface area contributed by atoms with Crippen molar-refractivity contribution in [2.45, 2.75) is 0 Å². The van der Waals surface area contributed by atoms with Crippen molar-refractivity contribution in [2.75, 3.05) is 11.9 Å². The van der Waals surface area contributed by atoms with Crippen LogP contribution in [0.2, 0.25) is 0 Å². The molecule has 2 aliphatic heterocycles. The predicted molar refractivity (Wildman–Crippen MR) is 215 cm³/mol. The first-order chi connectivity index (χ1) is 26.7. The number of fused-ring (bicyclic) bond motifs is 10. The molecule has 0 saturated carbocycles. The number of hydrogen-bond acceptors (Lipinski definition) is 3. The van der Waals surface area contributed by atoms with Crippen molar-refractivity contribution >= 4 is 29.2 Å². The van der Waals surface area contributed by atoms with Crippen molar-refractivity contribution in [3.8, 4) is 67.6 Å². The molecule has 2 aromatic heterocycles. The van der Waals surface area contributed by atoms with Crippen molar-refractivity contribution in [3.63, 3.8) is 0 Å². The maximum Gasteiger partial charge on any atom is 0.398 e. The second kappa shape index (κ2) is 13.2. The summed E-state index contributed by atoms with van der Waals surface area (Å²) in [6.07, 6.45) is 7.62. The quantitative estimate of drug-likeness (QED) is 0.101. The van der Waals surface area contributed by atoms with E-state index >= 15 is 0 Å². The Bertz CT molecular complexity index is 2920. The van der Waals surface area contributed by atoms with Gasteiger partial charge < -0.3 is 18.6 Å². The molecule has 0 bridgehead atoms. The fourth-order valence-corrected chi connectivity index (χ4v) is 8.30. The number of aromatic nitrogens is 4. The standard InChI is InChI=1S/C47H30BN5O.Pt/c1-50-43-26-25-35(30-42(43)47-49-27-28-53(47)48(50)32-13-3-2-4-14-32)54-34-16-11-15-33(29-34)51-31-52-44-23-10-9-21-40(44)38-19-7-5-17-36(38)37-18-6-8-20-39(37)41-22-12-24-45(51)46(41)52;/h2-28H,1H3;/q-2;. The van der Waals surface area contributed by atoms with Crippen molar-refractivity contribution < 1.29 is 30.4 Å². The van der Waals surface area contributed by atoms with E-state index in [1.54, 1.807) is 0 Å². The van der Waals surface area contributed by atoms with Gasteiger partial charge in [-0.3, -0.25) is 9.55 Å². The number of anilines is 1. The van der Waals surface area contributed by atoms with Gasteiger partial charge in [-0.1, -0.05) is 139 Å². The van der Waals surface area contributed by atoms with E-state index in [0.29, 0.717) is 11.5 Å². The number of imidazole rings is 2. The van der Waals surface area contributed by atoms with Gasteiger partial charge in [-0.25, -0.2) is 0 Å². The minimum Gasteiger partial charge on any atom is -0.503 e. The second-order valence-electron chi connectivity index (χ2n) is 13.7. The zero-order chi connectivity index (χ0) is 35.8. The maximum absolute atomic E-state index is 6.52. The molecule has 7 aromatic carbocycles. The molecule has 0 radical (unpaired) electrons. The van der Waals surface area contributed by atoms with Gasteiger partial charge in [0.25, 0.3) is 6.33 Å². The van der Waals surface area contributed by atoms with E-state index in [2.05, 4.69) is 165 Å². The number of nitrogens with zero attached hydrogens (tertiary/aromatic N) is 5. The van der Waals surface area contributed by atoms with E-state index in [0.717, 1.165) is 50.6 Å². The third-order valence-electron chi connectivity index (χ3n) is 10.7. The monoisotopic (exact) mass is 886 g/mol. The smallest absolute Gasteiger partial charge is 0.398 e. The molecule has 0 atom stereocenters. The van der Waals surface area contributed by atoms with Crippen LogP contribution in [0, 0.1) is 18.5 Å². The molecule has 6 nitrogen and oxygen atoms in total. The molecule has 0 N–H and O–H groups in total. The molecule has 0 saturated heterocycles. The van der Waals surface area contributed by atoms with Gasteiger partial charge in [-0.2, -0.15) is 12.1 Å². The molecule has 264 valence electrons. The van der Waals surface area contributed by atoms with E-state index in [1.165, 1.54) is 27.7 Å². The van der Waals surface area contributed by atoms with Crippen LogP contribution in [0.4, 0.5) is 5.69 Å². The van der Waals surface area contributed by atoms with Gasteiger partial charge in [0, 0.05) is 50.8 Å². The number of para-hydroxylation sites is 2. The summed E-state index contributed by atoms with van der Waals surface area (Å²) in [4.78, 5) is 7.02. The second-order valence-corrected chi connectivity index (χ2v) is 13.7. The molecular formula is C47H30BN5OPt-2. The van der Waals surface area contributed by atoms with Crippen molar-refractivity contribution in [3.05, 3.63) is 183 Å². The molecule has 0 fully saturated rings. The van der Waals surface area contributed by atoms with Crippen LogP contribution in [-0.4, -0.2) is 28.1 Å². The van der Waals surface area contributed by atoms with E-state index in [4.69, 9.17) is 9.72 Å². The Kier molecular flexibility index (Phi) is 7.93. The van der Waals surface area contributed by atoms with E-state index in [1.807, 2.05) is 42.7 Å². The zero-order valence-corrected chi connectivity index (χ0v) is 31.9. The van der Waals surface area contributed by atoms with Crippen molar-refractivity contribution in [2.24, 2.45) is 0 Å². The average Bonchev–Trinajstić information content (AvgIpc) is 3.88. The Hall–Kier alpha value is -6.43. The first-order valence-corrected chi connectivity index (χ1v) is 18.1. The summed E-state index contributed by atoms with van der Waals surface area (Å²) in [5, 5.41) is 0. The van der Waals surface area contributed by atoms with Gasteiger partial charge in [-0.15, -0.1) is 18.2 Å². The Morgan fingerprint density at radius 2 is 1.25 bits per heavy atom. The van der Waals surface area contributed by atoms with Crippen molar-refractivity contribution in [1.29, 1.82) is 0 Å². The fourth-order valence-electron chi connectivity index (χ4n) is 8.30. The number of rotatable bonds is 4. The molecule has 0 aliphatic carbocycles. The van der Waals surface area contributed by atoms with Gasteiger partial charge in [0.2, 0.25) is 0 Å². The topological polar surface area (TPSA) is 39.1 Å². The summed E-state index contributed by atoms with van der Waals surface area (Å²) in [5.41, 5.74) is 14.1. The average molecular weight is 887 g/mol. The Balaban J connectivity index is 0.00000372. The molecule has 8 heteroatoms. The fraction of sp³-hybridized carbons (Fsp3) is 0.0213. The SMILES string of the molecule is CN1B(c2ccccc2)n2ccnc2-c2[c-]c(Oc3[c-]c(-n4[c-][n+]5c6c(cccc64)-c4ccccc4-c4ccccc4-c4ccccc4-5)ccc3)ccc21.[Pt]. The predicted octanol–water partition coefficient (Wildman–Crippen LogP) is 8.97. The Morgan fingerprint density at radius 3 is 2.04 bits per heavy atom. The van der Waals surface area contributed by atoms with Gasteiger partial charge in [0.1, 0.15) is 0 Å². The summed E-state index contributed by atoms with van der Waals surface area (Å²) in [6, 6.07) is 60.1. The van der Waals surface area contributed by atoms with Crippen LogP contribution < -0.4 is 19.6 Å². The van der Waals surface area contributed by atoms with Crippen LogP contribution in [0.3, 0.4) is 0 Å². The number of hydrogen-bond donors (Lipinski definition) is 0. The molecular weight excluding hydrogens is 856 g/mol. The van der Waals surface area contributed by atoms with Gasteiger partial charge in [-0.05, 0) is 57.6 Å². The third-order valence-corrected chi connectivity index (χ3v) is 10.7. The molecule has 0 amide bonds. The third kappa shape index (κ3) is 5.22. The first-order valence-electron chi connectivity index (χ1n) is 18.1. The summed E-state index contributed by atoms with van der Waals surface area (Å²) in [5.74, 6) is 2.02. The molecule has 2 aliphatic rings. The summed E-state index contributed by atoms with van der Waals surface area (Å²) >= 11 is 0. The first kappa shape index (κ1) is 33.2. The van der Waals surface area contributed by atoms with Crippen LogP contribution in [0.5, 0.6) is 11.5 Å². The van der Waals surface area contributed by atoms with Gasteiger partial charge in [0.15, 0.2) is 0 Å². The normalized spacial score (nSPS) is 12.2. The van der Waals surface area contributed by atoms with Crippen LogP contribution in [0.15, 0.2) is 164 Å². The molecule has 55 heavy (non-hydrogen) atoms. The molecule has 0 unspecified atom stereocenters. The molecule has 11 rings (SSSR count). The summed E-state index contributed by atoms with van der Waals surface area (Å²) in [7, 11) is 2.11. The maximum atomic E-state index is 6.52. The van der Waals surface area contributed by atoms with E-state index in [-0.39, 0.29) is 28.0 Å². The summed E-state index contributed by atoms with van der Waals surface area (Å²) in [6.45, 7) is -0.0125. The Morgan fingerprint density at radius 1 is 0.618 bits per heavy atom. The van der Waals surface area contributed by atoms with Crippen LogP contribution >= 0.6 is 0 Å². The Labute approximate surface area is 333 Å². The van der Waals surface area contributed by atoms with E-state index < -0.39 is 0 Å². The van der Waals surface area contributed by atoms with Crippen molar-refractivity contribution in [1.82, 2.24) is 14.0 Å². The number of benzene rings is 7. The minimum atomic E-state index is -0.0125. The number of ether oxygens (including phenoxy) is 1. The van der Waals surface area contributed by atoms with E-state index in [9.17, 15) is 0 Å². The molecule has 9 aromatic rings. The van der Waals surface area contributed by atoms with Crippen LogP contribution in [0.1, 0.15) is 0 Å². The zero-order valence-electron chi connectivity index (χ0n) is 29.6. The molecule has 4 heterocycles. The van der Waals surface area contributed by atoms with Gasteiger partial charge in [0.05, 0.1) is 16.7 Å².